The summed E-state index contributed by atoms with van der Waals surface area (Å²) in [7, 11) is 0. The van der Waals surface area contributed by atoms with Gasteiger partial charge in [0.2, 0.25) is 0 Å². The summed E-state index contributed by atoms with van der Waals surface area (Å²) in [6.45, 7) is 4.81. The molecule has 1 atom stereocenters. The van der Waals surface area contributed by atoms with Gasteiger partial charge in [0.25, 0.3) is 0 Å². The van der Waals surface area contributed by atoms with Crippen molar-refractivity contribution >= 4 is 17.1 Å². The largest absolute Gasteiger partial charge is 0.493 e. The Kier molecular flexibility index (Phi) is 5.13. The van der Waals surface area contributed by atoms with Crippen LogP contribution in [0, 0.1) is 17.2 Å². The van der Waals surface area contributed by atoms with E-state index in [9.17, 15) is 10.1 Å². The third kappa shape index (κ3) is 3.93. The zero-order chi connectivity index (χ0) is 15.2. The fourth-order valence-electron chi connectivity index (χ4n) is 1.86. The number of ether oxygens (including phenoxy) is 1. The van der Waals surface area contributed by atoms with Crippen molar-refractivity contribution in [1.82, 2.24) is 0 Å². The maximum absolute atomic E-state index is 12.3. The van der Waals surface area contributed by atoms with E-state index in [-0.39, 0.29) is 5.78 Å². The van der Waals surface area contributed by atoms with Gasteiger partial charge in [0.05, 0.1) is 17.6 Å². The number of carbonyl (C=O) groups excluding carboxylic acids is 1. The smallest absolute Gasteiger partial charge is 0.194 e. The second-order valence-electron chi connectivity index (χ2n) is 5.18. The van der Waals surface area contributed by atoms with Crippen LogP contribution >= 0.6 is 11.3 Å². The number of nitriles is 1. The first kappa shape index (κ1) is 15.3. The van der Waals surface area contributed by atoms with E-state index in [0.29, 0.717) is 23.0 Å². The van der Waals surface area contributed by atoms with Crippen molar-refractivity contribution < 1.29 is 9.53 Å². The van der Waals surface area contributed by atoms with E-state index in [4.69, 9.17) is 4.74 Å². The summed E-state index contributed by atoms with van der Waals surface area (Å²) in [5, 5.41) is 11.1. The molecule has 108 valence electrons. The van der Waals surface area contributed by atoms with Gasteiger partial charge >= 0.3 is 0 Å². The number of Topliss-reactive ketones (excluding diaryl/α,β-unsaturated/α-hetero) is 1. The molecule has 3 nitrogen and oxygen atoms in total. The predicted octanol–water partition coefficient (Wildman–Crippen LogP) is 4.27. The predicted molar refractivity (Wildman–Crippen MR) is 83.8 cm³/mol. The maximum Gasteiger partial charge on any atom is 0.194 e. The standard InChI is InChI=1S/C17H17NO2S/c1-12(2)11-20-14-7-5-13(6-8-14)15(10-18)17(19)16-4-3-9-21-16/h3-9,12,15H,11H2,1-2H3. The normalized spacial score (nSPS) is 11.9. The quantitative estimate of drug-likeness (QED) is 0.748. The summed E-state index contributed by atoms with van der Waals surface area (Å²) < 4.78 is 5.60. The molecule has 2 aromatic rings. The number of thiophene rings is 1. The topological polar surface area (TPSA) is 50.1 Å². The molecule has 0 radical (unpaired) electrons. The minimum absolute atomic E-state index is 0.150. The number of benzene rings is 1. The Bertz CT molecular complexity index is 624. The molecule has 0 saturated carbocycles. The Morgan fingerprint density at radius 2 is 2.00 bits per heavy atom. The third-order valence-electron chi connectivity index (χ3n) is 2.95. The Labute approximate surface area is 128 Å². The van der Waals surface area contributed by atoms with Crippen LogP contribution in [0.2, 0.25) is 0 Å². The maximum atomic E-state index is 12.3. The Morgan fingerprint density at radius 3 is 2.52 bits per heavy atom. The molecule has 2 rings (SSSR count). The van der Waals surface area contributed by atoms with Crippen LogP contribution < -0.4 is 4.74 Å². The van der Waals surface area contributed by atoms with Gasteiger partial charge in [0, 0.05) is 0 Å². The van der Waals surface area contributed by atoms with Crippen molar-refractivity contribution in [3.63, 3.8) is 0 Å². The summed E-state index contributed by atoms with van der Waals surface area (Å²) >= 11 is 1.36. The third-order valence-corrected chi connectivity index (χ3v) is 3.84. The van der Waals surface area contributed by atoms with Gasteiger partial charge in [-0.3, -0.25) is 4.79 Å². The molecule has 0 fully saturated rings. The summed E-state index contributed by atoms with van der Waals surface area (Å²) in [4.78, 5) is 12.9. The van der Waals surface area contributed by atoms with Gasteiger partial charge < -0.3 is 4.74 Å². The highest BCUT2D eigenvalue weighted by Crippen LogP contribution is 2.25. The van der Waals surface area contributed by atoms with Crippen LogP contribution in [0.15, 0.2) is 41.8 Å². The lowest BCUT2D eigenvalue weighted by Crippen LogP contribution is -2.10. The van der Waals surface area contributed by atoms with Crippen LogP contribution in [0.5, 0.6) is 5.75 Å². The van der Waals surface area contributed by atoms with Crippen molar-refractivity contribution in [2.75, 3.05) is 6.61 Å². The highest BCUT2D eigenvalue weighted by molar-refractivity contribution is 7.12. The van der Waals surface area contributed by atoms with Crippen LogP contribution in [0.25, 0.3) is 0 Å². The molecule has 0 bridgehead atoms. The van der Waals surface area contributed by atoms with Crippen molar-refractivity contribution in [3.8, 4) is 11.8 Å². The summed E-state index contributed by atoms with van der Waals surface area (Å²) in [5.41, 5.74) is 0.702. The fraction of sp³-hybridized carbons (Fsp3) is 0.294. The van der Waals surface area contributed by atoms with E-state index in [1.807, 2.05) is 23.6 Å². The van der Waals surface area contributed by atoms with Crippen LogP contribution in [0.4, 0.5) is 0 Å². The number of hydrogen-bond donors (Lipinski definition) is 0. The summed E-state index contributed by atoms with van der Waals surface area (Å²) in [5.74, 6) is 0.302. The molecular formula is C17H17NO2S. The molecule has 21 heavy (non-hydrogen) atoms. The van der Waals surface area contributed by atoms with Gasteiger partial charge in [-0.15, -0.1) is 11.3 Å². The molecule has 0 N–H and O–H groups in total. The van der Waals surface area contributed by atoms with Gasteiger partial charge in [0.1, 0.15) is 11.7 Å². The zero-order valence-electron chi connectivity index (χ0n) is 12.1. The van der Waals surface area contributed by atoms with E-state index in [1.165, 1.54) is 11.3 Å². The summed E-state index contributed by atoms with van der Waals surface area (Å²) in [6, 6.07) is 12.8. The second kappa shape index (κ2) is 7.05. The molecule has 0 aliphatic rings. The minimum atomic E-state index is -0.761. The molecular weight excluding hydrogens is 282 g/mol. The number of carbonyl (C=O) groups is 1. The van der Waals surface area contributed by atoms with Gasteiger partial charge in [0.15, 0.2) is 5.78 Å². The van der Waals surface area contributed by atoms with Crippen molar-refractivity contribution in [2.24, 2.45) is 5.92 Å². The zero-order valence-corrected chi connectivity index (χ0v) is 12.9. The average molecular weight is 299 g/mol. The number of nitrogens with zero attached hydrogens (tertiary/aromatic N) is 1. The lowest BCUT2D eigenvalue weighted by atomic mass is 9.95. The number of ketones is 1. The number of rotatable bonds is 6. The Balaban J connectivity index is 2.12. The number of hydrogen-bond acceptors (Lipinski definition) is 4. The van der Waals surface area contributed by atoms with Gasteiger partial charge in [-0.2, -0.15) is 5.26 Å². The van der Waals surface area contributed by atoms with Crippen molar-refractivity contribution in [1.29, 1.82) is 5.26 Å². The van der Waals surface area contributed by atoms with Crippen molar-refractivity contribution in [3.05, 3.63) is 52.2 Å². The minimum Gasteiger partial charge on any atom is -0.493 e. The van der Waals surface area contributed by atoms with Crippen LogP contribution in [-0.4, -0.2) is 12.4 Å². The van der Waals surface area contributed by atoms with E-state index in [2.05, 4.69) is 19.9 Å². The second-order valence-corrected chi connectivity index (χ2v) is 6.13. The molecule has 0 saturated heterocycles. The van der Waals surface area contributed by atoms with Gasteiger partial charge in [-0.1, -0.05) is 32.0 Å². The highest BCUT2D eigenvalue weighted by atomic mass is 32.1. The Hall–Kier alpha value is -2.12. The lowest BCUT2D eigenvalue weighted by Gasteiger charge is -2.11. The van der Waals surface area contributed by atoms with E-state index in [1.54, 1.807) is 18.2 Å². The van der Waals surface area contributed by atoms with Crippen LogP contribution in [0.1, 0.15) is 35.0 Å². The van der Waals surface area contributed by atoms with Crippen LogP contribution in [0.3, 0.4) is 0 Å². The first-order valence-corrected chi connectivity index (χ1v) is 7.70. The SMILES string of the molecule is CC(C)COc1ccc(C(C#N)C(=O)c2cccs2)cc1. The fourth-order valence-corrected chi connectivity index (χ4v) is 2.56. The molecule has 1 aromatic heterocycles. The molecule has 0 aliphatic heterocycles. The molecule has 4 heteroatoms. The Morgan fingerprint density at radius 1 is 1.29 bits per heavy atom. The van der Waals surface area contributed by atoms with Crippen molar-refractivity contribution in [2.45, 2.75) is 19.8 Å². The van der Waals surface area contributed by atoms with E-state index >= 15 is 0 Å². The summed E-state index contributed by atoms with van der Waals surface area (Å²) in [6.07, 6.45) is 0. The molecule has 0 spiro atoms. The molecule has 0 aliphatic carbocycles. The molecule has 1 aromatic carbocycles. The van der Waals surface area contributed by atoms with E-state index < -0.39 is 5.92 Å². The molecule has 1 heterocycles. The lowest BCUT2D eigenvalue weighted by molar-refractivity contribution is 0.0982. The first-order valence-electron chi connectivity index (χ1n) is 6.82. The van der Waals surface area contributed by atoms with Gasteiger partial charge in [-0.05, 0) is 35.1 Å². The van der Waals surface area contributed by atoms with Crippen LogP contribution in [-0.2, 0) is 0 Å². The van der Waals surface area contributed by atoms with E-state index in [0.717, 1.165) is 5.75 Å². The highest BCUT2D eigenvalue weighted by Gasteiger charge is 2.22. The van der Waals surface area contributed by atoms with Gasteiger partial charge in [-0.25, -0.2) is 0 Å². The monoisotopic (exact) mass is 299 g/mol. The molecule has 0 amide bonds. The average Bonchev–Trinajstić information content (AvgIpc) is 3.01. The first-order chi connectivity index (χ1) is 10.1. The molecule has 1 unspecified atom stereocenters.